The van der Waals surface area contributed by atoms with Gasteiger partial charge >= 0.3 is 0 Å². The van der Waals surface area contributed by atoms with Crippen molar-refractivity contribution in [2.75, 3.05) is 0 Å². The van der Waals surface area contributed by atoms with Gasteiger partial charge in [-0.15, -0.1) is 0 Å². The minimum Gasteiger partial charge on any atom is -0.0636 e. The minimum absolute atomic E-state index is 0.0597. The van der Waals surface area contributed by atoms with Crippen LogP contribution in [0.1, 0.15) is 91.5 Å². The average Bonchev–Trinajstić information content (AvgIpc) is 3.02. The molecule has 0 saturated carbocycles. The highest BCUT2D eigenvalue weighted by molar-refractivity contribution is 7.16. The van der Waals surface area contributed by atoms with E-state index < -0.39 is 8.07 Å². The van der Waals surface area contributed by atoms with Crippen LogP contribution in [0, 0.1) is 19.8 Å². The molecule has 2 unspecified atom stereocenters. The molecule has 0 amide bonds. The van der Waals surface area contributed by atoms with Crippen molar-refractivity contribution < 1.29 is 0 Å². The summed E-state index contributed by atoms with van der Waals surface area (Å²) in [5.74, 6) is 0.416. The highest BCUT2D eigenvalue weighted by atomic mass is 28.3. The number of aryl methyl sites for hydroxylation is 2. The lowest BCUT2D eigenvalue weighted by molar-refractivity contribution is 0.569. The van der Waals surface area contributed by atoms with Crippen LogP contribution >= 0.6 is 0 Å². The molecule has 1 aliphatic carbocycles. The number of hydrogen-bond donors (Lipinski definition) is 0. The number of rotatable bonds is 4. The molecule has 0 heterocycles. The standard InChI is InChI=1S/C37H48Si/c1-24-18-25(2)20-33(19-24)38(32-16-14-13-15-17-32,35-28(5)26(3)27(4)29(35)6)34-22-30(36(7,8)9)21-31(23-34)37(10,11)12/h13-23,28H,1-12H3. The molecule has 0 bridgehead atoms. The molecule has 0 saturated heterocycles. The summed E-state index contributed by atoms with van der Waals surface area (Å²) < 4.78 is 0. The van der Waals surface area contributed by atoms with E-state index in [0.717, 1.165) is 0 Å². The van der Waals surface area contributed by atoms with Crippen molar-refractivity contribution in [2.45, 2.75) is 93.9 Å². The fraction of sp³-hybridized carbons (Fsp3) is 0.405. The highest BCUT2D eigenvalue weighted by Gasteiger charge is 2.48. The van der Waals surface area contributed by atoms with Crippen molar-refractivity contribution in [3.05, 3.63) is 111 Å². The first-order valence-corrected chi connectivity index (χ1v) is 16.3. The van der Waals surface area contributed by atoms with Crippen LogP contribution in [0.15, 0.2) is 88.6 Å². The molecule has 0 fully saturated rings. The Hall–Kier alpha value is -2.64. The summed E-state index contributed by atoms with van der Waals surface area (Å²) in [6.07, 6.45) is 0. The molecule has 0 radical (unpaired) electrons. The highest BCUT2D eigenvalue weighted by Crippen LogP contribution is 2.42. The van der Waals surface area contributed by atoms with E-state index in [0.29, 0.717) is 5.92 Å². The Kier molecular flexibility index (Phi) is 7.34. The third-order valence-electron chi connectivity index (χ3n) is 9.00. The quantitative estimate of drug-likeness (QED) is 0.240. The Labute approximate surface area is 233 Å². The molecule has 0 nitrogen and oxygen atoms in total. The lowest BCUT2D eigenvalue weighted by atomic mass is 9.81. The molecule has 3 aromatic rings. The van der Waals surface area contributed by atoms with Crippen LogP contribution in [0.3, 0.4) is 0 Å². The van der Waals surface area contributed by atoms with E-state index in [1.807, 2.05) is 0 Å². The van der Waals surface area contributed by atoms with Crippen molar-refractivity contribution in [1.29, 1.82) is 0 Å². The van der Waals surface area contributed by atoms with Gasteiger partial charge in [0.25, 0.3) is 0 Å². The van der Waals surface area contributed by atoms with Gasteiger partial charge in [0.2, 0.25) is 0 Å². The zero-order chi connectivity index (χ0) is 28.2. The molecule has 200 valence electrons. The maximum absolute atomic E-state index is 2.65. The molecule has 0 N–H and O–H groups in total. The third-order valence-corrected chi connectivity index (χ3v) is 14.1. The summed E-state index contributed by atoms with van der Waals surface area (Å²) in [5.41, 5.74) is 10.2. The molecule has 1 aliphatic rings. The number of allylic oxidation sites excluding steroid dienone is 4. The summed E-state index contributed by atoms with van der Waals surface area (Å²) in [6.45, 7) is 28.2. The predicted molar refractivity (Wildman–Crippen MR) is 171 cm³/mol. The van der Waals surface area contributed by atoms with E-state index in [1.165, 1.54) is 54.5 Å². The fourth-order valence-corrected chi connectivity index (χ4v) is 12.4. The largest absolute Gasteiger partial charge is 0.176 e. The van der Waals surface area contributed by atoms with Gasteiger partial charge in [0.15, 0.2) is 8.07 Å². The van der Waals surface area contributed by atoms with Crippen molar-refractivity contribution in [2.24, 2.45) is 5.92 Å². The fourth-order valence-electron chi connectivity index (χ4n) is 6.53. The molecule has 0 aliphatic heterocycles. The maximum Gasteiger partial charge on any atom is 0.176 e. The Morgan fingerprint density at radius 2 is 1.03 bits per heavy atom. The molecule has 4 rings (SSSR count). The second-order valence-corrected chi connectivity index (χ2v) is 17.6. The van der Waals surface area contributed by atoms with Crippen LogP contribution in [0.4, 0.5) is 0 Å². The van der Waals surface area contributed by atoms with Gasteiger partial charge in [-0.1, -0.05) is 143 Å². The first kappa shape index (κ1) is 28.4. The second-order valence-electron chi connectivity index (χ2n) is 13.9. The van der Waals surface area contributed by atoms with Gasteiger partial charge in [-0.25, -0.2) is 0 Å². The van der Waals surface area contributed by atoms with Gasteiger partial charge in [0.1, 0.15) is 0 Å². The number of benzene rings is 3. The molecular weight excluding hydrogens is 472 g/mol. The predicted octanol–water partition coefficient (Wildman–Crippen LogP) is 8.21. The van der Waals surface area contributed by atoms with Crippen LogP contribution < -0.4 is 15.6 Å². The molecular formula is C37H48Si. The van der Waals surface area contributed by atoms with Gasteiger partial charge in [-0.2, -0.15) is 0 Å². The zero-order valence-electron chi connectivity index (χ0n) is 25.9. The van der Waals surface area contributed by atoms with Crippen molar-refractivity contribution >= 4 is 23.6 Å². The molecule has 0 aromatic heterocycles. The van der Waals surface area contributed by atoms with E-state index >= 15 is 0 Å². The Morgan fingerprint density at radius 1 is 0.553 bits per heavy atom. The average molecular weight is 521 g/mol. The molecule has 0 spiro atoms. The third kappa shape index (κ3) is 4.79. The summed E-state index contributed by atoms with van der Waals surface area (Å²) in [6, 6.07) is 26.5. The summed E-state index contributed by atoms with van der Waals surface area (Å²) in [4.78, 5) is 0. The molecule has 38 heavy (non-hydrogen) atoms. The Balaban J connectivity index is 2.29. The van der Waals surface area contributed by atoms with Crippen LogP contribution in [-0.4, -0.2) is 8.07 Å². The van der Waals surface area contributed by atoms with Gasteiger partial charge < -0.3 is 0 Å². The first-order valence-electron chi connectivity index (χ1n) is 14.3. The summed E-state index contributed by atoms with van der Waals surface area (Å²) >= 11 is 0. The van der Waals surface area contributed by atoms with E-state index in [-0.39, 0.29) is 10.8 Å². The second kappa shape index (κ2) is 9.83. The topological polar surface area (TPSA) is 0 Å². The monoisotopic (exact) mass is 520 g/mol. The van der Waals surface area contributed by atoms with E-state index in [2.05, 4.69) is 150 Å². The normalized spacial score (nSPS) is 18.3. The van der Waals surface area contributed by atoms with Crippen LogP contribution in [-0.2, 0) is 10.8 Å². The smallest absolute Gasteiger partial charge is 0.0636 e. The maximum atomic E-state index is 2.59. The SMILES string of the molecule is CC1=C(C)C(C)C([Si](c2ccccc2)(c2cc(C)cc(C)c2)c2cc(C(C)(C)C)cc(C(C)(C)C)c2)=C1C. The van der Waals surface area contributed by atoms with Crippen molar-refractivity contribution in [3.63, 3.8) is 0 Å². The van der Waals surface area contributed by atoms with Crippen molar-refractivity contribution in [1.82, 2.24) is 0 Å². The first-order chi connectivity index (χ1) is 17.6. The lowest BCUT2D eigenvalue weighted by Gasteiger charge is -2.40. The molecule has 2 atom stereocenters. The van der Waals surface area contributed by atoms with Crippen LogP contribution in [0.5, 0.6) is 0 Å². The van der Waals surface area contributed by atoms with E-state index in [4.69, 9.17) is 0 Å². The van der Waals surface area contributed by atoms with Crippen molar-refractivity contribution in [3.8, 4) is 0 Å². The Morgan fingerprint density at radius 3 is 1.45 bits per heavy atom. The summed E-state index contributed by atoms with van der Waals surface area (Å²) in [7, 11) is -2.65. The van der Waals surface area contributed by atoms with Gasteiger partial charge in [0, 0.05) is 0 Å². The van der Waals surface area contributed by atoms with Gasteiger partial charge in [0.05, 0.1) is 0 Å². The van der Waals surface area contributed by atoms with Gasteiger partial charge in [-0.05, 0) is 83.6 Å². The van der Waals surface area contributed by atoms with Gasteiger partial charge in [-0.3, -0.25) is 0 Å². The van der Waals surface area contributed by atoms with E-state index in [9.17, 15) is 0 Å². The lowest BCUT2D eigenvalue weighted by Crippen LogP contribution is -2.70. The zero-order valence-corrected chi connectivity index (χ0v) is 26.9. The summed E-state index contributed by atoms with van der Waals surface area (Å²) in [5, 5.41) is 6.18. The van der Waals surface area contributed by atoms with E-state index in [1.54, 1.807) is 5.20 Å². The minimum atomic E-state index is -2.65. The van der Waals surface area contributed by atoms with Crippen LogP contribution in [0.2, 0.25) is 0 Å². The Bertz CT molecular complexity index is 1370. The van der Waals surface area contributed by atoms with Crippen LogP contribution in [0.25, 0.3) is 0 Å². The number of hydrogen-bond acceptors (Lipinski definition) is 0. The molecule has 3 aromatic carbocycles. The molecule has 1 heteroatoms.